The normalized spacial score (nSPS) is 11.7. The van der Waals surface area contributed by atoms with Gasteiger partial charge in [0.2, 0.25) is 0 Å². The lowest BCUT2D eigenvalue weighted by Gasteiger charge is -2.19. The van der Waals surface area contributed by atoms with E-state index in [1.807, 2.05) is 0 Å². The van der Waals surface area contributed by atoms with Gasteiger partial charge in [0.15, 0.2) is 0 Å². The first-order valence-electron chi connectivity index (χ1n) is 7.23. The van der Waals surface area contributed by atoms with E-state index in [1.165, 1.54) is 63.5 Å². The van der Waals surface area contributed by atoms with Crippen molar-refractivity contribution in [1.29, 1.82) is 0 Å². The summed E-state index contributed by atoms with van der Waals surface area (Å²) in [5.74, 6) is 0. The van der Waals surface area contributed by atoms with Crippen LogP contribution < -0.4 is 0 Å². The average molecular weight is 241 g/mol. The molecule has 0 unspecified atom stereocenters. The minimum absolute atomic E-state index is 0.903. The topological polar surface area (TPSA) is 0 Å². The van der Waals surface area contributed by atoms with E-state index < -0.39 is 8.07 Å². The molecule has 0 fully saturated rings. The van der Waals surface area contributed by atoms with E-state index in [4.69, 9.17) is 0 Å². The highest BCUT2D eigenvalue weighted by atomic mass is 28.3. The summed E-state index contributed by atoms with van der Waals surface area (Å²) in [6, 6.07) is 2.79. The van der Waals surface area contributed by atoms with Crippen LogP contribution in [-0.4, -0.2) is 8.07 Å². The van der Waals surface area contributed by atoms with Crippen LogP contribution >= 0.6 is 0 Å². The summed E-state index contributed by atoms with van der Waals surface area (Å²) in [7, 11) is -0.903. The predicted octanol–water partition coefficient (Wildman–Crippen LogP) is 6.02. The lowest BCUT2D eigenvalue weighted by atomic mass is 10.1. The third-order valence-electron chi connectivity index (χ3n) is 3.40. The molecular weight excluding hydrogens is 208 g/mol. The first kappa shape index (κ1) is 16.0. The molecule has 0 aromatic rings. The van der Waals surface area contributed by atoms with E-state index in [9.17, 15) is 0 Å². The van der Waals surface area contributed by atoms with Crippen LogP contribution in [0, 0.1) is 0 Å². The Hall–Kier alpha value is -0.0431. The second-order valence-electron chi connectivity index (χ2n) is 5.88. The van der Waals surface area contributed by atoms with Crippen LogP contribution in [0.1, 0.15) is 58.3 Å². The van der Waals surface area contributed by atoms with Gasteiger partial charge in [0.05, 0.1) is 8.07 Å². The number of hydrogen-bond acceptors (Lipinski definition) is 0. The number of allylic oxidation sites excluding steroid dienone is 1. The molecule has 0 heterocycles. The Morgan fingerprint density at radius 1 is 0.875 bits per heavy atom. The SMILES string of the molecule is C=CC[Si](C)(C)CCCCCCCCCC. The van der Waals surface area contributed by atoms with Crippen molar-refractivity contribution in [2.24, 2.45) is 0 Å². The third-order valence-corrected chi connectivity index (χ3v) is 6.50. The fraction of sp³-hybridized carbons (Fsp3) is 0.867. The molecule has 0 aromatic carbocycles. The van der Waals surface area contributed by atoms with Crippen molar-refractivity contribution in [1.82, 2.24) is 0 Å². The second kappa shape index (κ2) is 10.1. The largest absolute Gasteiger partial charge is 0.103 e. The van der Waals surface area contributed by atoms with E-state index in [2.05, 4.69) is 32.7 Å². The van der Waals surface area contributed by atoms with Crippen molar-refractivity contribution in [2.45, 2.75) is 83.5 Å². The molecule has 0 rings (SSSR count). The lowest BCUT2D eigenvalue weighted by Crippen LogP contribution is -2.23. The molecule has 0 bridgehead atoms. The van der Waals surface area contributed by atoms with Gasteiger partial charge in [-0.15, -0.1) is 6.58 Å². The van der Waals surface area contributed by atoms with E-state index in [-0.39, 0.29) is 0 Å². The number of rotatable bonds is 11. The summed E-state index contributed by atoms with van der Waals surface area (Å²) >= 11 is 0. The predicted molar refractivity (Wildman–Crippen MR) is 79.9 cm³/mol. The summed E-state index contributed by atoms with van der Waals surface area (Å²) in [6.07, 6.45) is 13.7. The zero-order valence-electron chi connectivity index (χ0n) is 11.9. The van der Waals surface area contributed by atoms with Gasteiger partial charge in [0, 0.05) is 0 Å². The van der Waals surface area contributed by atoms with Gasteiger partial charge in [-0.3, -0.25) is 0 Å². The zero-order valence-corrected chi connectivity index (χ0v) is 12.9. The van der Waals surface area contributed by atoms with Crippen molar-refractivity contribution in [2.75, 3.05) is 0 Å². The maximum Gasteiger partial charge on any atom is 0.0511 e. The van der Waals surface area contributed by atoms with Gasteiger partial charge in [0.25, 0.3) is 0 Å². The van der Waals surface area contributed by atoms with Gasteiger partial charge in [-0.1, -0.05) is 83.5 Å². The quantitative estimate of drug-likeness (QED) is 0.235. The molecule has 0 N–H and O–H groups in total. The molecule has 0 aliphatic rings. The van der Waals surface area contributed by atoms with Crippen LogP contribution in [0.4, 0.5) is 0 Å². The Labute approximate surface area is 105 Å². The summed E-state index contributed by atoms with van der Waals surface area (Å²) in [6.45, 7) is 11.1. The van der Waals surface area contributed by atoms with Crippen LogP contribution in [0.2, 0.25) is 25.2 Å². The van der Waals surface area contributed by atoms with E-state index in [0.717, 1.165) is 0 Å². The summed E-state index contributed by atoms with van der Waals surface area (Å²) < 4.78 is 0. The van der Waals surface area contributed by atoms with Gasteiger partial charge in [-0.25, -0.2) is 0 Å². The molecule has 0 saturated carbocycles. The van der Waals surface area contributed by atoms with Crippen LogP contribution in [0.15, 0.2) is 12.7 Å². The first-order chi connectivity index (χ1) is 7.62. The molecule has 0 amide bonds. The molecule has 0 spiro atoms. The van der Waals surface area contributed by atoms with Crippen molar-refractivity contribution in [3.05, 3.63) is 12.7 Å². The molecule has 96 valence electrons. The minimum Gasteiger partial charge on any atom is -0.103 e. The van der Waals surface area contributed by atoms with Gasteiger partial charge < -0.3 is 0 Å². The molecule has 0 aromatic heterocycles. The Bertz CT molecular complexity index is 161. The van der Waals surface area contributed by atoms with Crippen molar-refractivity contribution >= 4 is 8.07 Å². The molecule has 0 nitrogen and oxygen atoms in total. The van der Waals surface area contributed by atoms with Gasteiger partial charge in [-0.05, 0) is 6.04 Å². The summed E-state index contributed by atoms with van der Waals surface area (Å²) in [5, 5.41) is 0. The van der Waals surface area contributed by atoms with Crippen LogP contribution in [0.25, 0.3) is 0 Å². The molecule has 1 heteroatoms. The first-order valence-corrected chi connectivity index (χ1v) is 10.6. The Kier molecular flexibility index (Phi) is 10.1. The van der Waals surface area contributed by atoms with Gasteiger partial charge in [0.1, 0.15) is 0 Å². The Morgan fingerprint density at radius 3 is 1.88 bits per heavy atom. The molecule has 16 heavy (non-hydrogen) atoms. The van der Waals surface area contributed by atoms with Crippen LogP contribution in [0.3, 0.4) is 0 Å². The fourth-order valence-electron chi connectivity index (χ4n) is 2.23. The van der Waals surface area contributed by atoms with Gasteiger partial charge >= 0.3 is 0 Å². The van der Waals surface area contributed by atoms with Gasteiger partial charge in [-0.2, -0.15) is 0 Å². The maximum absolute atomic E-state index is 3.87. The highest BCUT2D eigenvalue weighted by Crippen LogP contribution is 2.20. The van der Waals surface area contributed by atoms with Crippen LogP contribution in [-0.2, 0) is 0 Å². The van der Waals surface area contributed by atoms with Crippen molar-refractivity contribution < 1.29 is 0 Å². The standard InChI is InChI=1S/C15H32Si/c1-5-7-8-9-10-11-12-13-15-16(3,4)14-6-2/h6H,2,5,7-15H2,1,3-4H3. The molecule has 0 atom stereocenters. The van der Waals surface area contributed by atoms with Crippen LogP contribution in [0.5, 0.6) is 0 Å². The van der Waals surface area contributed by atoms with E-state index in [0.29, 0.717) is 0 Å². The average Bonchev–Trinajstić information content (AvgIpc) is 2.22. The van der Waals surface area contributed by atoms with Crippen molar-refractivity contribution in [3.63, 3.8) is 0 Å². The lowest BCUT2D eigenvalue weighted by molar-refractivity contribution is 0.584. The summed E-state index contributed by atoms with van der Waals surface area (Å²) in [4.78, 5) is 0. The Balaban J connectivity index is 3.23. The maximum atomic E-state index is 3.87. The molecule has 0 aliphatic heterocycles. The molecular formula is C15H32Si. The molecule has 0 aliphatic carbocycles. The smallest absolute Gasteiger partial charge is 0.0511 e. The minimum atomic E-state index is -0.903. The van der Waals surface area contributed by atoms with E-state index in [1.54, 1.807) is 0 Å². The highest BCUT2D eigenvalue weighted by molar-refractivity contribution is 6.77. The second-order valence-corrected chi connectivity index (χ2v) is 11.1. The molecule has 0 saturated heterocycles. The Morgan fingerprint density at radius 2 is 1.38 bits per heavy atom. The number of hydrogen-bond donors (Lipinski definition) is 0. The van der Waals surface area contributed by atoms with Crippen molar-refractivity contribution in [3.8, 4) is 0 Å². The molecule has 0 radical (unpaired) electrons. The monoisotopic (exact) mass is 240 g/mol. The number of unbranched alkanes of at least 4 members (excludes halogenated alkanes) is 7. The zero-order chi connectivity index (χ0) is 12.3. The fourth-order valence-corrected chi connectivity index (χ4v) is 4.42. The van der Waals surface area contributed by atoms with E-state index >= 15 is 0 Å². The highest BCUT2D eigenvalue weighted by Gasteiger charge is 2.17. The third kappa shape index (κ3) is 10.5. The summed E-state index contributed by atoms with van der Waals surface area (Å²) in [5.41, 5.74) is 0.